The maximum atomic E-state index is 13.7. The Labute approximate surface area is 179 Å². The van der Waals surface area contributed by atoms with Crippen LogP contribution < -0.4 is 10.6 Å². The van der Waals surface area contributed by atoms with Gasteiger partial charge in [0.15, 0.2) is 0 Å². The van der Waals surface area contributed by atoms with Crippen molar-refractivity contribution < 1.29 is 18.8 Å². The second-order valence-electron chi connectivity index (χ2n) is 8.12. The standard InChI is InChI=1S/C23H25FN4O3/c1-12-20(11-18-17-10-15(24)4-5-19(17)27-22(18)30)25-13(2)21(12)23(31)26-16-6-8-28(9-7-16)14(3)29/h4-5,10-11,16,25H,6-9H2,1-3H3,(H,26,31)(H,27,30)/b18-11-. The first-order chi connectivity index (χ1) is 14.7. The summed E-state index contributed by atoms with van der Waals surface area (Å²) in [5, 5.41) is 5.80. The van der Waals surface area contributed by atoms with Crippen LogP contribution >= 0.6 is 0 Å². The topological polar surface area (TPSA) is 94.3 Å². The number of likely N-dealkylation sites (tertiary alicyclic amines) is 1. The molecule has 1 fully saturated rings. The molecule has 0 spiro atoms. The summed E-state index contributed by atoms with van der Waals surface area (Å²) in [6.45, 7) is 6.45. The number of halogens is 1. The lowest BCUT2D eigenvalue weighted by atomic mass is 10.0. The molecule has 3 N–H and O–H groups in total. The van der Waals surface area contributed by atoms with Gasteiger partial charge in [-0.05, 0) is 56.5 Å². The number of nitrogens with one attached hydrogen (secondary N) is 3. The number of hydrogen-bond donors (Lipinski definition) is 3. The number of rotatable bonds is 3. The number of aromatic nitrogens is 1. The van der Waals surface area contributed by atoms with Crippen LogP contribution in [0.15, 0.2) is 18.2 Å². The number of carbonyl (C=O) groups is 3. The van der Waals surface area contributed by atoms with Gasteiger partial charge in [0.1, 0.15) is 5.82 Å². The normalized spacial score (nSPS) is 17.6. The summed E-state index contributed by atoms with van der Waals surface area (Å²) in [6, 6.07) is 4.17. The Kier molecular flexibility index (Phi) is 5.39. The highest BCUT2D eigenvalue weighted by atomic mass is 19.1. The van der Waals surface area contributed by atoms with E-state index < -0.39 is 5.82 Å². The Bertz CT molecular complexity index is 1110. The van der Waals surface area contributed by atoms with Gasteiger partial charge in [0.05, 0.1) is 11.1 Å². The molecule has 31 heavy (non-hydrogen) atoms. The first kappa shape index (κ1) is 20.8. The number of aryl methyl sites for hydroxylation is 1. The summed E-state index contributed by atoms with van der Waals surface area (Å²) in [6.07, 6.45) is 3.09. The van der Waals surface area contributed by atoms with Crippen LogP contribution in [-0.4, -0.2) is 46.7 Å². The maximum absolute atomic E-state index is 13.7. The Hall–Kier alpha value is -3.42. The van der Waals surface area contributed by atoms with Crippen LogP contribution in [0.5, 0.6) is 0 Å². The Morgan fingerprint density at radius 1 is 1.23 bits per heavy atom. The van der Waals surface area contributed by atoms with Gasteiger partial charge in [-0.1, -0.05) is 0 Å². The van der Waals surface area contributed by atoms with Crippen LogP contribution in [0, 0.1) is 19.7 Å². The third-order valence-corrected chi connectivity index (χ3v) is 6.03. The summed E-state index contributed by atoms with van der Waals surface area (Å²) < 4.78 is 13.7. The van der Waals surface area contributed by atoms with Gasteiger partial charge in [0.2, 0.25) is 5.91 Å². The van der Waals surface area contributed by atoms with Gasteiger partial charge in [0, 0.05) is 48.7 Å². The number of aromatic amines is 1. The fourth-order valence-electron chi connectivity index (χ4n) is 4.30. The molecule has 1 aromatic carbocycles. The van der Waals surface area contributed by atoms with Crippen molar-refractivity contribution in [1.82, 2.24) is 15.2 Å². The average Bonchev–Trinajstić information content (AvgIpc) is 3.17. The molecule has 7 nitrogen and oxygen atoms in total. The SMILES string of the molecule is CC(=O)N1CCC(NC(=O)c2c(C)[nH]c(/C=C3\C(=O)Nc4ccc(F)cc43)c2C)CC1. The molecule has 4 rings (SSSR count). The Morgan fingerprint density at radius 3 is 2.61 bits per heavy atom. The Morgan fingerprint density at radius 2 is 1.94 bits per heavy atom. The lowest BCUT2D eigenvalue weighted by Crippen LogP contribution is -2.46. The Balaban J connectivity index is 1.55. The molecule has 8 heteroatoms. The van der Waals surface area contributed by atoms with E-state index in [0.717, 1.165) is 5.56 Å². The number of piperidine rings is 1. The predicted octanol–water partition coefficient (Wildman–Crippen LogP) is 3.00. The van der Waals surface area contributed by atoms with E-state index in [1.807, 2.05) is 13.8 Å². The predicted molar refractivity (Wildman–Crippen MR) is 116 cm³/mol. The molecule has 2 aliphatic heterocycles. The number of amides is 3. The number of carbonyl (C=O) groups excluding carboxylic acids is 3. The second kappa shape index (κ2) is 8.02. The number of benzene rings is 1. The number of anilines is 1. The van der Waals surface area contributed by atoms with E-state index in [9.17, 15) is 18.8 Å². The highest BCUT2D eigenvalue weighted by Crippen LogP contribution is 2.34. The third kappa shape index (κ3) is 3.97. The van der Waals surface area contributed by atoms with Crippen molar-refractivity contribution in [2.75, 3.05) is 18.4 Å². The van der Waals surface area contributed by atoms with Gasteiger partial charge >= 0.3 is 0 Å². The number of H-pyrrole nitrogens is 1. The molecule has 2 aliphatic rings. The monoisotopic (exact) mass is 424 g/mol. The van der Waals surface area contributed by atoms with E-state index in [-0.39, 0.29) is 23.8 Å². The summed E-state index contributed by atoms with van der Waals surface area (Å²) in [5.41, 5.74) is 4.01. The quantitative estimate of drug-likeness (QED) is 0.661. The smallest absolute Gasteiger partial charge is 0.256 e. The zero-order valence-corrected chi connectivity index (χ0v) is 17.8. The van der Waals surface area contributed by atoms with Gasteiger partial charge < -0.3 is 20.5 Å². The summed E-state index contributed by atoms with van der Waals surface area (Å²) in [4.78, 5) is 41.8. The van der Waals surface area contributed by atoms with E-state index in [4.69, 9.17) is 0 Å². The van der Waals surface area contributed by atoms with Crippen molar-refractivity contribution in [2.45, 2.75) is 39.7 Å². The molecular formula is C23H25FN4O3. The largest absolute Gasteiger partial charge is 0.358 e. The van der Waals surface area contributed by atoms with Crippen molar-refractivity contribution >= 4 is 35.1 Å². The first-order valence-electron chi connectivity index (χ1n) is 10.3. The first-order valence-corrected chi connectivity index (χ1v) is 10.3. The molecule has 2 aromatic rings. The summed E-state index contributed by atoms with van der Waals surface area (Å²) in [7, 11) is 0. The number of nitrogens with zero attached hydrogens (tertiary/aromatic N) is 1. The molecule has 3 amide bonds. The minimum absolute atomic E-state index is 0.00840. The zero-order chi connectivity index (χ0) is 22.3. The van der Waals surface area contributed by atoms with E-state index in [1.54, 1.807) is 17.9 Å². The molecule has 0 bridgehead atoms. The van der Waals surface area contributed by atoms with Gasteiger partial charge in [-0.3, -0.25) is 14.4 Å². The maximum Gasteiger partial charge on any atom is 0.256 e. The van der Waals surface area contributed by atoms with Crippen LogP contribution in [0.25, 0.3) is 11.6 Å². The van der Waals surface area contributed by atoms with Crippen LogP contribution in [0.2, 0.25) is 0 Å². The van der Waals surface area contributed by atoms with E-state index >= 15 is 0 Å². The molecular weight excluding hydrogens is 399 g/mol. The summed E-state index contributed by atoms with van der Waals surface area (Å²) >= 11 is 0. The molecule has 1 saturated heterocycles. The second-order valence-corrected chi connectivity index (χ2v) is 8.12. The van der Waals surface area contributed by atoms with Crippen molar-refractivity contribution in [3.63, 3.8) is 0 Å². The zero-order valence-electron chi connectivity index (χ0n) is 17.8. The average molecular weight is 424 g/mol. The number of fused-ring (bicyclic) bond motifs is 1. The van der Waals surface area contributed by atoms with Crippen molar-refractivity contribution in [3.8, 4) is 0 Å². The fraction of sp³-hybridized carbons (Fsp3) is 0.348. The highest BCUT2D eigenvalue weighted by Gasteiger charge is 2.27. The minimum atomic E-state index is -0.420. The molecule has 0 aliphatic carbocycles. The fourth-order valence-corrected chi connectivity index (χ4v) is 4.30. The molecule has 3 heterocycles. The lowest BCUT2D eigenvalue weighted by Gasteiger charge is -2.31. The van der Waals surface area contributed by atoms with E-state index in [0.29, 0.717) is 59.7 Å². The molecule has 1 aromatic heterocycles. The number of hydrogen-bond acceptors (Lipinski definition) is 3. The van der Waals surface area contributed by atoms with E-state index in [2.05, 4.69) is 15.6 Å². The molecule has 162 valence electrons. The lowest BCUT2D eigenvalue weighted by molar-refractivity contribution is -0.129. The van der Waals surface area contributed by atoms with Gasteiger partial charge in [-0.25, -0.2) is 4.39 Å². The highest BCUT2D eigenvalue weighted by molar-refractivity contribution is 6.34. The molecule has 0 saturated carbocycles. The molecule has 0 atom stereocenters. The van der Waals surface area contributed by atoms with Crippen molar-refractivity contribution in [2.24, 2.45) is 0 Å². The van der Waals surface area contributed by atoms with Crippen LogP contribution in [-0.2, 0) is 9.59 Å². The van der Waals surface area contributed by atoms with Crippen LogP contribution in [0.3, 0.4) is 0 Å². The molecule has 0 unspecified atom stereocenters. The van der Waals surface area contributed by atoms with Gasteiger partial charge in [-0.2, -0.15) is 0 Å². The van der Waals surface area contributed by atoms with Crippen LogP contribution in [0.1, 0.15) is 52.6 Å². The summed E-state index contributed by atoms with van der Waals surface area (Å²) in [5.74, 6) is -0.858. The van der Waals surface area contributed by atoms with E-state index in [1.165, 1.54) is 18.2 Å². The minimum Gasteiger partial charge on any atom is -0.358 e. The van der Waals surface area contributed by atoms with Crippen molar-refractivity contribution in [1.29, 1.82) is 0 Å². The molecule has 0 radical (unpaired) electrons. The van der Waals surface area contributed by atoms with Crippen molar-refractivity contribution in [3.05, 3.63) is 52.1 Å². The van der Waals surface area contributed by atoms with Gasteiger partial charge in [-0.15, -0.1) is 0 Å². The third-order valence-electron chi connectivity index (χ3n) is 6.03. The van der Waals surface area contributed by atoms with Gasteiger partial charge in [0.25, 0.3) is 11.8 Å². The van der Waals surface area contributed by atoms with Crippen LogP contribution in [0.4, 0.5) is 10.1 Å².